The molecule has 0 radical (unpaired) electrons. The fraction of sp³-hybridized carbons (Fsp3) is 0.263. The minimum atomic E-state index is -0.357. The number of halogens is 1. The molecule has 6 nitrogen and oxygen atoms in total. The van der Waals surface area contributed by atoms with Crippen LogP contribution in [0.25, 0.3) is 0 Å². The summed E-state index contributed by atoms with van der Waals surface area (Å²) in [5.41, 5.74) is 2.23. The number of amides is 2. The average molecular weight is 354 g/mol. The highest BCUT2D eigenvalue weighted by atomic mass is 19.1. The third-order valence-corrected chi connectivity index (χ3v) is 4.13. The highest BCUT2D eigenvalue weighted by molar-refractivity contribution is 6.43. The van der Waals surface area contributed by atoms with Crippen molar-refractivity contribution in [2.75, 3.05) is 12.4 Å². The molecule has 1 aliphatic rings. The van der Waals surface area contributed by atoms with Gasteiger partial charge in [-0.25, -0.2) is 14.4 Å². The summed E-state index contributed by atoms with van der Waals surface area (Å²) in [4.78, 5) is 27.8. The van der Waals surface area contributed by atoms with Crippen molar-refractivity contribution in [2.45, 2.75) is 25.7 Å². The van der Waals surface area contributed by atoms with E-state index in [-0.39, 0.29) is 24.1 Å². The molecule has 134 valence electrons. The first-order valence-corrected chi connectivity index (χ1v) is 8.36. The molecule has 26 heavy (non-hydrogen) atoms. The summed E-state index contributed by atoms with van der Waals surface area (Å²) in [6.45, 7) is 0. The molecule has 2 heterocycles. The Hall–Kier alpha value is -3.09. The molecule has 7 heteroatoms. The maximum atomic E-state index is 13.2. The summed E-state index contributed by atoms with van der Waals surface area (Å²) in [5.74, 6) is -0.282. The molecule has 0 saturated carbocycles. The number of hydrogen-bond donors (Lipinski definition) is 1. The second-order valence-electron chi connectivity index (χ2n) is 6.10. The Labute approximate surface area is 150 Å². The smallest absolute Gasteiger partial charge is 0.273 e. The molecule has 1 aliphatic heterocycles. The molecule has 2 amide bonds. The predicted octanol–water partition coefficient (Wildman–Crippen LogP) is 2.55. The van der Waals surface area contributed by atoms with E-state index in [1.165, 1.54) is 24.2 Å². The lowest BCUT2D eigenvalue weighted by molar-refractivity contribution is -0.130. The van der Waals surface area contributed by atoms with E-state index >= 15 is 0 Å². The minimum absolute atomic E-state index is 0.109. The van der Waals surface area contributed by atoms with Gasteiger partial charge in [0.15, 0.2) is 0 Å². The van der Waals surface area contributed by atoms with Crippen LogP contribution in [-0.2, 0) is 22.4 Å². The van der Waals surface area contributed by atoms with Crippen LogP contribution in [0.3, 0.4) is 0 Å². The zero-order valence-electron chi connectivity index (χ0n) is 14.4. The molecule has 1 aromatic carbocycles. The number of carbonyl (C=O) groups excluding carboxylic acids is 2. The number of aryl methyl sites for hydroxylation is 2. The third-order valence-electron chi connectivity index (χ3n) is 4.13. The normalized spacial score (nSPS) is 14.2. The summed E-state index contributed by atoms with van der Waals surface area (Å²) in [6, 6.07) is 10.1. The van der Waals surface area contributed by atoms with Gasteiger partial charge < -0.3 is 5.32 Å². The monoisotopic (exact) mass is 354 g/mol. The van der Waals surface area contributed by atoms with Crippen LogP contribution in [0.1, 0.15) is 24.0 Å². The van der Waals surface area contributed by atoms with Gasteiger partial charge in [0.05, 0.1) is 0 Å². The van der Waals surface area contributed by atoms with E-state index < -0.39 is 0 Å². The standard InChI is InChI=1S/C19H19FN4O2/c1-24-18(25)10-8-16(23-24)19(26)22-17-9-7-14(12-21-17)6-5-13-3-2-4-15(20)11-13/h2-4,7,9,11-12H,5-6,8,10H2,1H3,(H,21,22,26). The first-order valence-electron chi connectivity index (χ1n) is 8.36. The third kappa shape index (κ3) is 4.50. The van der Waals surface area contributed by atoms with Crippen molar-refractivity contribution in [3.63, 3.8) is 0 Å². The van der Waals surface area contributed by atoms with Crippen LogP contribution in [0.5, 0.6) is 0 Å². The Morgan fingerprint density at radius 1 is 1.19 bits per heavy atom. The van der Waals surface area contributed by atoms with Gasteiger partial charge in [-0.05, 0) is 42.2 Å². The van der Waals surface area contributed by atoms with Crippen LogP contribution < -0.4 is 5.32 Å². The second kappa shape index (κ2) is 7.86. The Kier molecular flexibility index (Phi) is 5.36. The van der Waals surface area contributed by atoms with Gasteiger partial charge in [-0.3, -0.25) is 9.59 Å². The summed E-state index contributed by atoms with van der Waals surface area (Å²) >= 11 is 0. The number of hydrogen-bond acceptors (Lipinski definition) is 4. The van der Waals surface area contributed by atoms with Crippen LogP contribution in [0.2, 0.25) is 0 Å². The number of pyridine rings is 1. The summed E-state index contributed by atoms with van der Waals surface area (Å²) < 4.78 is 13.2. The summed E-state index contributed by atoms with van der Waals surface area (Å²) in [7, 11) is 1.53. The number of nitrogens with zero attached hydrogens (tertiary/aromatic N) is 3. The van der Waals surface area contributed by atoms with E-state index in [9.17, 15) is 14.0 Å². The molecule has 1 aromatic heterocycles. The lowest BCUT2D eigenvalue weighted by Gasteiger charge is -2.18. The lowest BCUT2D eigenvalue weighted by atomic mass is 10.1. The molecule has 3 rings (SSSR count). The van der Waals surface area contributed by atoms with E-state index in [4.69, 9.17) is 0 Å². The number of hydrazone groups is 1. The lowest BCUT2D eigenvalue weighted by Crippen LogP contribution is -2.34. The van der Waals surface area contributed by atoms with Crippen molar-refractivity contribution < 1.29 is 14.0 Å². The number of nitrogens with one attached hydrogen (secondary N) is 1. The van der Waals surface area contributed by atoms with E-state index in [1.54, 1.807) is 18.3 Å². The topological polar surface area (TPSA) is 74.7 Å². The van der Waals surface area contributed by atoms with Crippen LogP contribution in [0.4, 0.5) is 10.2 Å². The van der Waals surface area contributed by atoms with Crippen molar-refractivity contribution in [3.8, 4) is 0 Å². The summed E-state index contributed by atoms with van der Waals surface area (Å²) in [6.07, 6.45) is 3.72. The number of aromatic nitrogens is 1. The Bertz CT molecular complexity index is 849. The largest absolute Gasteiger partial charge is 0.305 e. The van der Waals surface area contributed by atoms with Crippen LogP contribution in [-0.4, -0.2) is 34.6 Å². The van der Waals surface area contributed by atoms with Crippen molar-refractivity contribution in [2.24, 2.45) is 5.10 Å². The van der Waals surface area contributed by atoms with Crippen LogP contribution in [0.15, 0.2) is 47.7 Å². The van der Waals surface area contributed by atoms with Gasteiger partial charge in [-0.1, -0.05) is 18.2 Å². The minimum Gasteiger partial charge on any atom is -0.305 e. The maximum Gasteiger partial charge on any atom is 0.273 e. The highest BCUT2D eigenvalue weighted by Gasteiger charge is 2.22. The molecule has 0 fully saturated rings. The molecule has 2 aromatic rings. The van der Waals surface area contributed by atoms with Crippen molar-refractivity contribution in [1.29, 1.82) is 0 Å². The number of rotatable bonds is 5. The van der Waals surface area contributed by atoms with Crippen molar-refractivity contribution in [3.05, 3.63) is 59.5 Å². The fourth-order valence-corrected chi connectivity index (χ4v) is 2.65. The number of carbonyl (C=O) groups is 2. The summed E-state index contributed by atoms with van der Waals surface area (Å²) in [5, 5.41) is 7.85. The van der Waals surface area contributed by atoms with Crippen LogP contribution >= 0.6 is 0 Å². The van der Waals surface area contributed by atoms with Gasteiger partial charge in [0.2, 0.25) is 5.91 Å². The number of benzene rings is 1. The molecule has 0 atom stereocenters. The second-order valence-corrected chi connectivity index (χ2v) is 6.10. The van der Waals surface area contributed by atoms with Gasteiger partial charge in [-0.2, -0.15) is 5.10 Å². The van der Waals surface area contributed by atoms with Crippen LogP contribution in [0, 0.1) is 5.82 Å². The molecular weight excluding hydrogens is 335 g/mol. The Morgan fingerprint density at radius 2 is 2.00 bits per heavy atom. The average Bonchev–Trinajstić information content (AvgIpc) is 2.63. The maximum absolute atomic E-state index is 13.2. The zero-order chi connectivity index (χ0) is 18.5. The predicted molar refractivity (Wildman–Crippen MR) is 96.1 cm³/mol. The first-order chi connectivity index (χ1) is 12.5. The Morgan fingerprint density at radius 3 is 2.69 bits per heavy atom. The quantitative estimate of drug-likeness (QED) is 0.897. The molecule has 0 saturated heterocycles. The van der Waals surface area contributed by atoms with Gasteiger partial charge in [-0.15, -0.1) is 0 Å². The SMILES string of the molecule is CN1N=C(C(=O)Nc2ccc(CCc3cccc(F)c3)cn2)CCC1=O. The first kappa shape index (κ1) is 17.7. The van der Waals surface area contributed by atoms with E-state index in [0.29, 0.717) is 24.4 Å². The van der Waals surface area contributed by atoms with Gasteiger partial charge in [0, 0.05) is 26.1 Å². The highest BCUT2D eigenvalue weighted by Crippen LogP contribution is 2.12. The molecule has 0 unspecified atom stereocenters. The van der Waals surface area contributed by atoms with Gasteiger partial charge in [0.1, 0.15) is 17.3 Å². The molecule has 1 N–H and O–H groups in total. The number of anilines is 1. The molecule has 0 bridgehead atoms. The van der Waals surface area contributed by atoms with Gasteiger partial charge in [0.25, 0.3) is 5.91 Å². The van der Waals surface area contributed by atoms with E-state index in [2.05, 4.69) is 15.4 Å². The molecular formula is C19H19FN4O2. The molecule has 0 spiro atoms. The van der Waals surface area contributed by atoms with E-state index in [0.717, 1.165) is 17.5 Å². The van der Waals surface area contributed by atoms with Crippen molar-refractivity contribution in [1.82, 2.24) is 9.99 Å². The zero-order valence-corrected chi connectivity index (χ0v) is 14.4. The fourth-order valence-electron chi connectivity index (χ4n) is 2.65. The Balaban J connectivity index is 1.57. The van der Waals surface area contributed by atoms with Crippen molar-refractivity contribution >= 4 is 23.3 Å². The van der Waals surface area contributed by atoms with Gasteiger partial charge >= 0.3 is 0 Å². The molecule has 0 aliphatic carbocycles. The van der Waals surface area contributed by atoms with E-state index in [1.807, 2.05) is 12.1 Å².